The molecule has 0 saturated heterocycles. The van der Waals surface area contributed by atoms with Gasteiger partial charge in [0.05, 0.1) is 5.92 Å². The first kappa shape index (κ1) is 21.6. The molecule has 6 heteroatoms. The lowest BCUT2D eigenvalue weighted by atomic mass is 9.83. The topological polar surface area (TPSA) is 71.5 Å². The zero-order valence-electron chi connectivity index (χ0n) is 17.8. The van der Waals surface area contributed by atoms with E-state index in [4.69, 9.17) is 4.74 Å². The maximum atomic E-state index is 12.6. The van der Waals surface area contributed by atoms with Crippen LogP contribution in [0.15, 0.2) is 48.8 Å². The molecule has 0 radical (unpaired) electrons. The van der Waals surface area contributed by atoms with Crippen LogP contribution in [0.4, 0.5) is 5.69 Å². The summed E-state index contributed by atoms with van der Waals surface area (Å²) >= 11 is 0. The van der Waals surface area contributed by atoms with Crippen molar-refractivity contribution in [2.24, 2.45) is 5.92 Å². The zero-order chi connectivity index (χ0) is 21.5. The Balaban J connectivity index is 1.58. The molecule has 0 spiro atoms. The highest BCUT2D eigenvalue weighted by molar-refractivity contribution is 5.91. The smallest absolute Gasteiger partial charge is 0.315 e. The average molecular weight is 408 g/mol. The summed E-state index contributed by atoms with van der Waals surface area (Å²) in [6.45, 7) is 8.46. The summed E-state index contributed by atoms with van der Waals surface area (Å²) in [7, 11) is 0. The van der Waals surface area contributed by atoms with Crippen molar-refractivity contribution in [3.63, 3.8) is 0 Å². The molecule has 0 fully saturated rings. The number of rotatable bonds is 8. The number of anilines is 1. The van der Waals surface area contributed by atoms with Gasteiger partial charge in [-0.2, -0.15) is 0 Å². The van der Waals surface area contributed by atoms with Crippen molar-refractivity contribution >= 4 is 23.6 Å². The fourth-order valence-corrected chi connectivity index (χ4v) is 3.80. The summed E-state index contributed by atoms with van der Waals surface area (Å²) in [5, 5.41) is 2.84. The van der Waals surface area contributed by atoms with Crippen LogP contribution in [-0.2, 0) is 9.59 Å². The van der Waals surface area contributed by atoms with Crippen molar-refractivity contribution in [1.82, 2.24) is 10.3 Å². The van der Waals surface area contributed by atoms with E-state index in [1.54, 1.807) is 18.5 Å². The molecule has 0 bridgehead atoms. The first-order valence-electron chi connectivity index (χ1n) is 10.5. The molecule has 3 rings (SSSR count). The minimum atomic E-state index is -0.278. The SMILES string of the molecule is CCN(CC)c1ccc2c(c1)OC(=O)C(CCNC(=O)/C=C/c1cccnc1)C2C. The second-order valence-corrected chi connectivity index (χ2v) is 7.41. The Kier molecular flexibility index (Phi) is 7.22. The standard InChI is InChI=1S/C24H29N3O3/c1-4-27(5-2)19-9-10-20-17(3)21(24(29)30-22(20)15-19)12-14-26-23(28)11-8-18-7-6-13-25-16-18/h6-11,13,15-17,21H,4-5,12,14H2,1-3H3,(H,26,28)/b11-8+. The molecule has 0 saturated carbocycles. The number of ether oxygens (including phenoxy) is 1. The Morgan fingerprint density at radius 3 is 2.77 bits per heavy atom. The lowest BCUT2D eigenvalue weighted by Crippen LogP contribution is -2.34. The van der Waals surface area contributed by atoms with E-state index in [0.29, 0.717) is 18.7 Å². The second-order valence-electron chi connectivity index (χ2n) is 7.41. The number of carbonyl (C=O) groups is 2. The van der Waals surface area contributed by atoms with Crippen molar-refractivity contribution < 1.29 is 14.3 Å². The van der Waals surface area contributed by atoms with E-state index >= 15 is 0 Å². The minimum absolute atomic E-state index is 0.0369. The van der Waals surface area contributed by atoms with Crippen LogP contribution >= 0.6 is 0 Å². The average Bonchev–Trinajstić information content (AvgIpc) is 2.76. The van der Waals surface area contributed by atoms with Crippen molar-refractivity contribution in [2.45, 2.75) is 33.1 Å². The maximum Gasteiger partial charge on any atom is 0.315 e. The molecule has 1 aliphatic rings. The van der Waals surface area contributed by atoms with Gasteiger partial charge >= 0.3 is 5.97 Å². The number of nitrogens with one attached hydrogen (secondary N) is 1. The first-order valence-corrected chi connectivity index (χ1v) is 10.5. The number of nitrogens with zero attached hydrogens (tertiary/aromatic N) is 2. The summed E-state index contributed by atoms with van der Waals surface area (Å²) in [4.78, 5) is 30.9. The van der Waals surface area contributed by atoms with Gasteiger partial charge in [-0.15, -0.1) is 0 Å². The Morgan fingerprint density at radius 1 is 1.27 bits per heavy atom. The van der Waals surface area contributed by atoms with Gasteiger partial charge in [0, 0.05) is 49.9 Å². The van der Waals surface area contributed by atoms with Gasteiger partial charge < -0.3 is 15.0 Å². The largest absolute Gasteiger partial charge is 0.426 e. The number of hydrogen-bond acceptors (Lipinski definition) is 5. The molecular weight excluding hydrogens is 378 g/mol. The van der Waals surface area contributed by atoms with Crippen LogP contribution < -0.4 is 15.0 Å². The Labute approximate surface area is 178 Å². The molecule has 2 unspecified atom stereocenters. The molecule has 2 heterocycles. The predicted octanol–water partition coefficient (Wildman–Crippen LogP) is 3.79. The van der Waals surface area contributed by atoms with Gasteiger partial charge in [0.25, 0.3) is 0 Å². The van der Waals surface area contributed by atoms with Gasteiger partial charge in [-0.05, 0) is 55.5 Å². The van der Waals surface area contributed by atoms with Gasteiger partial charge in [0.1, 0.15) is 5.75 Å². The minimum Gasteiger partial charge on any atom is -0.426 e. The molecule has 6 nitrogen and oxygen atoms in total. The van der Waals surface area contributed by atoms with Crippen molar-refractivity contribution in [2.75, 3.05) is 24.5 Å². The lowest BCUT2D eigenvalue weighted by molar-refractivity contribution is -0.141. The van der Waals surface area contributed by atoms with Crippen molar-refractivity contribution in [3.05, 3.63) is 59.9 Å². The van der Waals surface area contributed by atoms with Crippen LogP contribution in [0.25, 0.3) is 6.08 Å². The number of amides is 1. The molecule has 1 aliphatic heterocycles. The summed E-state index contributed by atoms with van der Waals surface area (Å²) < 4.78 is 5.66. The molecule has 2 atom stereocenters. The molecular formula is C24H29N3O3. The van der Waals surface area contributed by atoms with Crippen molar-refractivity contribution in [1.29, 1.82) is 0 Å². The molecule has 0 aliphatic carbocycles. The van der Waals surface area contributed by atoms with Gasteiger partial charge in [-0.1, -0.05) is 19.1 Å². The first-order chi connectivity index (χ1) is 14.5. The van der Waals surface area contributed by atoms with E-state index in [0.717, 1.165) is 29.9 Å². The summed E-state index contributed by atoms with van der Waals surface area (Å²) in [5.41, 5.74) is 2.96. The van der Waals surface area contributed by atoms with Crippen LogP contribution in [0.5, 0.6) is 5.75 Å². The van der Waals surface area contributed by atoms with Gasteiger partial charge in [-0.25, -0.2) is 0 Å². The van der Waals surface area contributed by atoms with E-state index in [9.17, 15) is 9.59 Å². The highest BCUT2D eigenvalue weighted by Crippen LogP contribution is 2.40. The van der Waals surface area contributed by atoms with E-state index in [1.165, 1.54) is 6.08 Å². The fourth-order valence-electron chi connectivity index (χ4n) is 3.80. The number of aromatic nitrogens is 1. The van der Waals surface area contributed by atoms with Crippen LogP contribution in [0, 0.1) is 5.92 Å². The zero-order valence-corrected chi connectivity index (χ0v) is 17.8. The summed E-state index contributed by atoms with van der Waals surface area (Å²) in [5.74, 6) is -0.0161. The Bertz CT molecular complexity index is 907. The Hall–Kier alpha value is -3.15. The molecule has 1 N–H and O–H groups in total. The normalized spacial score (nSPS) is 18.0. The molecule has 30 heavy (non-hydrogen) atoms. The summed E-state index contributed by atoms with van der Waals surface area (Å²) in [6, 6.07) is 9.79. The molecule has 1 amide bonds. The number of benzene rings is 1. The number of fused-ring (bicyclic) bond motifs is 1. The number of carbonyl (C=O) groups excluding carboxylic acids is 2. The predicted molar refractivity (Wildman–Crippen MR) is 118 cm³/mol. The van der Waals surface area contributed by atoms with E-state index in [1.807, 2.05) is 25.1 Å². The fraction of sp³-hybridized carbons (Fsp3) is 0.375. The summed E-state index contributed by atoms with van der Waals surface area (Å²) in [6.07, 6.45) is 7.09. The molecule has 2 aromatic rings. The van der Waals surface area contributed by atoms with Gasteiger partial charge in [0.2, 0.25) is 5.91 Å². The van der Waals surface area contributed by atoms with Crippen molar-refractivity contribution in [3.8, 4) is 5.75 Å². The third-order valence-corrected chi connectivity index (χ3v) is 5.60. The molecule has 158 valence electrons. The van der Waals surface area contributed by atoms with E-state index < -0.39 is 0 Å². The van der Waals surface area contributed by atoms with Crippen LogP contribution in [0.1, 0.15) is 44.2 Å². The van der Waals surface area contributed by atoms with Crippen LogP contribution in [-0.4, -0.2) is 36.5 Å². The highest BCUT2D eigenvalue weighted by Gasteiger charge is 2.34. The molecule has 1 aromatic carbocycles. The van der Waals surface area contributed by atoms with Gasteiger partial charge in [-0.3, -0.25) is 14.6 Å². The Morgan fingerprint density at radius 2 is 2.07 bits per heavy atom. The van der Waals surface area contributed by atoms with Gasteiger partial charge in [0.15, 0.2) is 0 Å². The highest BCUT2D eigenvalue weighted by atomic mass is 16.5. The third-order valence-electron chi connectivity index (χ3n) is 5.60. The number of esters is 1. The third kappa shape index (κ3) is 5.06. The maximum absolute atomic E-state index is 12.6. The van der Waals surface area contributed by atoms with Crippen LogP contribution in [0.3, 0.4) is 0 Å². The molecule has 1 aromatic heterocycles. The monoisotopic (exact) mass is 407 g/mol. The second kappa shape index (κ2) is 10.1. The van der Waals surface area contributed by atoms with Crippen LogP contribution in [0.2, 0.25) is 0 Å². The number of hydrogen-bond donors (Lipinski definition) is 1. The number of pyridine rings is 1. The quantitative estimate of drug-likeness (QED) is 0.410. The van der Waals surface area contributed by atoms with E-state index in [-0.39, 0.29) is 23.7 Å². The van der Waals surface area contributed by atoms with E-state index in [2.05, 4.69) is 41.2 Å². The lowest BCUT2D eigenvalue weighted by Gasteiger charge is -2.31.